The molecule has 0 aliphatic carbocycles. The number of fused-ring (bicyclic) bond motifs is 1. The number of rotatable bonds is 3. The van der Waals surface area contributed by atoms with Gasteiger partial charge in [-0.2, -0.15) is 5.10 Å². The van der Waals surface area contributed by atoms with Gasteiger partial charge in [0.2, 0.25) is 0 Å². The number of thioether (sulfide) groups is 1. The fraction of sp³-hybridized carbons (Fsp3) is 0.0714. The van der Waals surface area contributed by atoms with Crippen molar-refractivity contribution in [3.8, 4) is 22.9 Å². The molecule has 7 nitrogen and oxygen atoms in total. The van der Waals surface area contributed by atoms with Crippen molar-refractivity contribution in [1.29, 1.82) is 0 Å². The molecule has 4 aromatic heterocycles. The van der Waals surface area contributed by atoms with Crippen LogP contribution in [0.1, 0.15) is 0 Å². The summed E-state index contributed by atoms with van der Waals surface area (Å²) in [5.41, 5.74) is 3.10. The van der Waals surface area contributed by atoms with Crippen molar-refractivity contribution < 1.29 is 0 Å². The highest BCUT2D eigenvalue weighted by atomic mass is 32.2. The smallest absolute Gasteiger partial charge is 0.179 e. The van der Waals surface area contributed by atoms with E-state index in [0.717, 1.165) is 27.8 Å². The summed E-state index contributed by atoms with van der Waals surface area (Å²) in [6.07, 6.45) is 10.9. The lowest BCUT2D eigenvalue weighted by Crippen LogP contribution is -1.96. The van der Waals surface area contributed by atoms with Crippen LogP contribution in [0, 0.1) is 0 Å². The minimum absolute atomic E-state index is 0.638. The molecular formula is C14H11N7S. The van der Waals surface area contributed by atoms with Crippen molar-refractivity contribution in [2.45, 2.75) is 5.03 Å². The monoisotopic (exact) mass is 309 g/mol. The molecule has 0 amide bonds. The van der Waals surface area contributed by atoms with Gasteiger partial charge < -0.3 is 0 Å². The average molecular weight is 309 g/mol. The van der Waals surface area contributed by atoms with Gasteiger partial charge in [-0.3, -0.25) is 9.50 Å². The zero-order chi connectivity index (χ0) is 14.9. The summed E-state index contributed by atoms with van der Waals surface area (Å²) in [7, 11) is 0. The molecule has 0 saturated heterocycles. The fourth-order valence-corrected chi connectivity index (χ4v) is 2.54. The Morgan fingerprint density at radius 1 is 1.09 bits per heavy atom. The summed E-state index contributed by atoms with van der Waals surface area (Å²) in [6.45, 7) is 0. The molecule has 0 unspecified atom stereocenters. The molecule has 4 rings (SSSR count). The Morgan fingerprint density at radius 3 is 2.86 bits per heavy atom. The highest BCUT2D eigenvalue weighted by molar-refractivity contribution is 7.98. The van der Waals surface area contributed by atoms with Crippen LogP contribution in [0.2, 0.25) is 0 Å². The van der Waals surface area contributed by atoms with E-state index in [1.54, 1.807) is 36.5 Å². The highest BCUT2D eigenvalue weighted by Crippen LogP contribution is 2.21. The molecule has 4 heterocycles. The van der Waals surface area contributed by atoms with Crippen molar-refractivity contribution in [3.63, 3.8) is 0 Å². The van der Waals surface area contributed by atoms with Crippen LogP contribution in [-0.4, -0.2) is 40.8 Å². The van der Waals surface area contributed by atoms with Crippen molar-refractivity contribution in [2.24, 2.45) is 0 Å². The normalized spacial score (nSPS) is 11.1. The SMILES string of the molecule is CSc1ccnc(-c2cnc3cnc(-c4cc[nH]n4)cn23)n1. The minimum Gasteiger partial charge on any atom is -0.293 e. The first kappa shape index (κ1) is 13.0. The Balaban J connectivity index is 1.89. The second-order valence-corrected chi connectivity index (χ2v) is 5.35. The van der Waals surface area contributed by atoms with E-state index in [4.69, 9.17) is 0 Å². The maximum Gasteiger partial charge on any atom is 0.179 e. The molecule has 1 N–H and O–H groups in total. The first-order valence-corrected chi connectivity index (χ1v) is 7.78. The maximum absolute atomic E-state index is 4.53. The van der Waals surface area contributed by atoms with Crippen molar-refractivity contribution in [3.05, 3.63) is 43.1 Å². The molecule has 8 heteroatoms. The average Bonchev–Trinajstić information content (AvgIpc) is 3.23. The second-order valence-electron chi connectivity index (χ2n) is 4.53. The van der Waals surface area contributed by atoms with Gasteiger partial charge in [0.05, 0.1) is 17.4 Å². The Bertz CT molecular complexity index is 929. The van der Waals surface area contributed by atoms with Crippen LogP contribution < -0.4 is 0 Å². The second kappa shape index (κ2) is 5.23. The van der Waals surface area contributed by atoms with Gasteiger partial charge in [0.1, 0.15) is 17.1 Å². The number of hydrogen-bond donors (Lipinski definition) is 1. The van der Waals surface area contributed by atoms with Crippen LogP contribution in [-0.2, 0) is 0 Å². The van der Waals surface area contributed by atoms with Crippen LogP contribution in [0.4, 0.5) is 0 Å². The van der Waals surface area contributed by atoms with Crippen molar-refractivity contribution >= 4 is 17.4 Å². The summed E-state index contributed by atoms with van der Waals surface area (Å²) < 4.78 is 1.93. The lowest BCUT2D eigenvalue weighted by Gasteiger charge is -2.03. The predicted octanol–water partition coefficient (Wildman–Crippen LogP) is 2.30. The van der Waals surface area contributed by atoms with Gasteiger partial charge in [-0.25, -0.2) is 19.9 Å². The standard InChI is InChI=1S/C14H11N7S/c1-22-13-3-4-15-14(19-13)11-6-17-12-7-16-10(8-21(11)12)9-2-5-18-20-9/h2-8H,1H3,(H,18,20). The molecule has 0 radical (unpaired) electrons. The molecule has 108 valence electrons. The Labute approximate surface area is 129 Å². The first-order valence-electron chi connectivity index (χ1n) is 6.56. The highest BCUT2D eigenvalue weighted by Gasteiger charge is 2.11. The summed E-state index contributed by atoms with van der Waals surface area (Å²) in [6, 6.07) is 3.75. The molecule has 0 aliphatic rings. The largest absolute Gasteiger partial charge is 0.293 e. The number of H-pyrrole nitrogens is 1. The number of hydrogen-bond acceptors (Lipinski definition) is 6. The summed E-state index contributed by atoms with van der Waals surface area (Å²) in [5.74, 6) is 0.638. The van der Waals surface area contributed by atoms with Gasteiger partial charge in [-0.1, -0.05) is 0 Å². The third-order valence-corrected chi connectivity index (χ3v) is 3.87. The number of aromatic nitrogens is 7. The zero-order valence-corrected chi connectivity index (χ0v) is 12.4. The molecule has 0 fully saturated rings. The third kappa shape index (κ3) is 2.13. The summed E-state index contributed by atoms with van der Waals surface area (Å²) in [5, 5.41) is 7.86. The molecule has 0 aromatic carbocycles. The van der Waals surface area contributed by atoms with Crippen LogP contribution in [0.25, 0.3) is 28.6 Å². The van der Waals surface area contributed by atoms with Gasteiger partial charge >= 0.3 is 0 Å². The van der Waals surface area contributed by atoms with Gasteiger partial charge in [0, 0.05) is 18.6 Å². The molecule has 22 heavy (non-hydrogen) atoms. The lowest BCUT2D eigenvalue weighted by molar-refractivity contribution is 1.02. The fourth-order valence-electron chi connectivity index (χ4n) is 2.17. The molecule has 4 aromatic rings. The van der Waals surface area contributed by atoms with E-state index in [-0.39, 0.29) is 0 Å². The van der Waals surface area contributed by atoms with E-state index in [1.807, 2.05) is 29.0 Å². The molecule has 0 bridgehead atoms. The Hall–Kier alpha value is -2.74. The lowest BCUT2D eigenvalue weighted by atomic mass is 10.3. The van der Waals surface area contributed by atoms with Crippen LogP contribution >= 0.6 is 11.8 Å². The minimum atomic E-state index is 0.638. The number of imidazole rings is 1. The van der Waals surface area contributed by atoms with Crippen LogP contribution in [0.5, 0.6) is 0 Å². The molecule has 0 saturated carbocycles. The quantitative estimate of drug-likeness (QED) is 0.462. The van der Waals surface area contributed by atoms with E-state index in [1.165, 1.54) is 0 Å². The topological polar surface area (TPSA) is 84.6 Å². The number of aromatic amines is 1. The zero-order valence-electron chi connectivity index (χ0n) is 11.6. The van der Waals surface area contributed by atoms with E-state index < -0.39 is 0 Å². The van der Waals surface area contributed by atoms with E-state index >= 15 is 0 Å². The van der Waals surface area contributed by atoms with Crippen LogP contribution in [0.3, 0.4) is 0 Å². The van der Waals surface area contributed by atoms with Gasteiger partial charge in [-0.15, -0.1) is 11.8 Å². The molecule has 0 atom stereocenters. The van der Waals surface area contributed by atoms with Crippen molar-refractivity contribution in [1.82, 2.24) is 34.5 Å². The van der Waals surface area contributed by atoms with E-state index in [9.17, 15) is 0 Å². The van der Waals surface area contributed by atoms with E-state index in [2.05, 4.69) is 30.1 Å². The third-order valence-electron chi connectivity index (χ3n) is 3.23. The Kier molecular flexibility index (Phi) is 3.08. The summed E-state index contributed by atoms with van der Waals surface area (Å²) in [4.78, 5) is 17.6. The van der Waals surface area contributed by atoms with Gasteiger partial charge in [0.15, 0.2) is 11.5 Å². The predicted molar refractivity (Wildman–Crippen MR) is 83.4 cm³/mol. The molecule has 0 spiro atoms. The van der Waals surface area contributed by atoms with Crippen LogP contribution in [0.15, 0.2) is 48.1 Å². The number of nitrogens with one attached hydrogen (secondary N) is 1. The Morgan fingerprint density at radius 2 is 2.05 bits per heavy atom. The first-order chi connectivity index (χ1) is 10.8. The summed E-state index contributed by atoms with van der Waals surface area (Å²) >= 11 is 1.58. The van der Waals surface area contributed by atoms with E-state index in [0.29, 0.717) is 5.82 Å². The van der Waals surface area contributed by atoms with Crippen molar-refractivity contribution in [2.75, 3.05) is 6.26 Å². The van der Waals surface area contributed by atoms with Gasteiger partial charge in [-0.05, 0) is 18.4 Å². The molecule has 0 aliphatic heterocycles. The maximum atomic E-state index is 4.53. The molecular weight excluding hydrogens is 298 g/mol. The number of nitrogens with zero attached hydrogens (tertiary/aromatic N) is 6. The van der Waals surface area contributed by atoms with Gasteiger partial charge in [0.25, 0.3) is 0 Å².